The third-order valence-corrected chi connectivity index (χ3v) is 0. The van der Waals surface area contributed by atoms with E-state index in [9.17, 15) is 0 Å². The molecular formula is C8H24N2O3Si. The molecule has 6 heteroatoms. The molecule has 0 aliphatic rings. The molecule has 0 saturated carbocycles. The fourth-order valence-electron chi connectivity index (χ4n) is 0. The van der Waals surface area contributed by atoms with Gasteiger partial charge < -0.3 is 23.0 Å². The number of nitrogens with zero attached hydrogens (tertiary/aromatic N) is 2. The minimum Gasteiger partial charge on any atom is -0.672 e. The molecule has 88 valence electrons. The average Bonchev–Trinajstić information content (AvgIpc) is 1.45. The lowest BCUT2D eigenvalue weighted by molar-refractivity contribution is -0.849. The summed E-state index contributed by atoms with van der Waals surface area (Å²) in [6, 6.07) is 0. The van der Waals surface area contributed by atoms with Gasteiger partial charge in [0, 0.05) is 9.17 Å². The third-order valence-electron chi connectivity index (χ3n) is 0. The van der Waals surface area contributed by atoms with Crippen molar-refractivity contribution in [1.82, 2.24) is 0 Å². The Morgan fingerprint density at radius 3 is 0.714 bits per heavy atom. The molecule has 14 heavy (non-hydrogen) atoms. The molecule has 0 N–H and O–H groups in total. The van der Waals surface area contributed by atoms with Crippen LogP contribution in [0.4, 0.5) is 0 Å². The molecule has 0 aromatic heterocycles. The van der Waals surface area contributed by atoms with Crippen LogP contribution in [-0.2, 0) is 4.46 Å². The smallest absolute Gasteiger partial charge is 0.0675 e. The molecule has 0 aromatic carbocycles. The highest BCUT2D eigenvalue weighted by molar-refractivity contribution is 6.17. The Morgan fingerprint density at radius 1 is 0.714 bits per heavy atom. The maximum absolute atomic E-state index is 8.52. The monoisotopic (exact) mass is 224 g/mol. The lowest BCUT2D eigenvalue weighted by atomic mass is 10.8. The first-order valence-corrected chi connectivity index (χ1v) is 5.41. The number of rotatable bonds is 0. The molecule has 0 aliphatic heterocycles. The number of quaternary nitrogens is 2. The Kier molecular flexibility index (Phi) is 10.8. The number of hydrogen-bond donors (Lipinski definition) is 0. The van der Waals surface area contributed by atoms with Gasteiger partial charge >= 0.3 is 0 Å². The Hall–Kier alpha value is -0.463. The van der Waals surface area contributed by atoms with Crippen molar-refractivity contribution in [3.8, 4) is 0 Å². The first-order chi connectivity index (χ1) is 5.73. The summed E-state index contributed by atoms with van der Waals surface area (Å²) in [5.41, 5.74) is 0. The van der Waals surface area contributed by atoms with E-state index in [2.05, 4.69) is 56.4 Å². The van der Waals surface area contributed by atoms with Crippen LogP contribution in [0.2, 0.25) is 0 Å². The van der Waals surface area contributed by atoms with Crippen molar-refractivity contribution in [3.05, 3.63) is 0 Å². The van der Waals surface area contributed by atoms with Gasteiger partial charge in [-0.15, -0.1) is 0 Å². The summed E-state index contributed by atoms with van der Waals surface area (Å²) in [4.78, 5) is 17.0. The van der Waals surface area contributed by atoms with E-state index in [4.69, 9.17) is 14.1 Å². The van der Waals surface area contributed by atoms with Gasteiger partial charge in [-0.05, 0) is 0 Å². The van der Waals surface area contributed by atoms with Gasteiger partial charge in [0.05, 0.1) is 56.4 Å². The van der Waals surface area contributed by atoms with Crippen LogP contribution in [0.1, 0.15) is 0 Å². The Bertz CT molecular complexity index is 122. The topological polar surface area (TPSA) is 63.2 Å². The molecule has 0 radical (unpaired) electrons. The quantitative estimate of drug-likeness (QED) is 0.345. The van der Waals surface area contributed by atoms with Gasteiger partial charge in [-0.1, -0.05) is 0 Å². The highest BCUT2D eigenvalue weighted by Crippen LogP contribution is 1.74. The zero-order valence-corrected chi connectivity index (χ0v) is 11.6. The summed E-state index contributed by atoms with van der Waals surface area (Å²) in [6.45, 7) is 0. The molecule has 0 amide bonds. The van der Waals surface area contributed by atoms with E-state index in [1.807, 2.05) is 0 Å². The van der Waals surface area contributed by atoms with E-state index >= 15 is 0 Å². The maximum atomic E-state index is 8.52. The van der Waals surface area contributed by atoms with Gasteiger partial charge in [-0.25, -0.2) is 0 Å². The van der Waals surface area contributed by atoms with Crippen LogP contribution in [0.25, 0.3) is 0 Å². The molecule has 0 spiro atoms. The summed E-state index contributed by atoms with van der Waals surface area (Å²) in [7, 11) is 13.4. The summed E-state index contributed by atoms with van der Waals surface area (Å²) in [5, 5.41) is 0. The molecule has 0 aromatic rings. The maximum Gasteiger partial charge on any atom is 0.0675 e. The second kappa shape index (κ2) is 7.90. The van der Waals surface area contributed by atoms with E-state index in [0.29, 0.717) is 0 Å². The molecule has 0 heterocycles. The normalized spacial score (nSPS) is 10.3. The lowest BCUT2D eigenvalue weighted by Crippen LogP contribution is -2.34. The standard InChI is InChI=1S/2C4H12N.O3Si/c2*1-5(2,3)4;1-4(2)3/h2*1-4H3;/q2*+1;-2. The molecule has 0 unspecified atom stereocenters. The highest BCUT2D eigenvalue weighted by atomic mass is 28.3. The molecule has 0 fully saturated rings. The lowest BCUT2D eigenvalue weighted by Gasteiger charge is -2.14. The second-order valence-electron chi connectivity index (χ2n) is 5.62. The van der Waals surface area contributed by atoms with Gasteiger partial charge in [0.25, 0.3) is 0 Å². The molecule has 5 nitrogen and oxygen atoms in total. The van der Waals surface area contributed by atoms with Gasteiger partial charge in [-0.3, -0.25) is 0 Å². The SMILES string of the molecule is C[N+](C)(C)C.C[N+](C)(C)C.O=[Si]([O-])[O-]. The Labute approximate surface area is 89.3 Å². The van der Waals surface area contributed by atoms with Crippen LogP contribution >= 0.6 is 0 Å². The van der Waals surface area contributed by atoms with Crippen LogP contribution in [0.3, 0.4) is 0 Å². The van der Waals surface area contributed by atoms with Crippen LogP contribution in [-0.4, -0.2) is 74.5 Å². The third kappa shape index (κ3) is 5970. The predicted molar refractivity (Wildman–Crippen MR) is 54.4 cm³/mol. The molecule has 0 atom stereocenters. The van der Waals surface area contributed by atoms with E-state index in [1.165, 1.54) is 0 Å². The fourth-order valence-corrected chi connectivity index (χ4v) is 0. The second-order valence-corrected chi connectivity index (χ2v) is 6.12. The minimum atomic E-state index is -3.63. The largest absolute Gasteiger partial charge is 0.672 e. The van der Waals surface area contributed by atoms with E-state index < -0.39 is 9.17 Å². The van der Waals surface area contributed by atoms with Crippen molar-refractivity contribution in [2.75, 3.05) is 56.4 Å². The van der Waals surface area contributed by atoms with Crippen molar-refractivity contribution in [1.29, 1.82) is 0 Å². The van der Waals surface area contributed by atoms with Crippen LogP contribution < -0.4 is 9.59 Å². The zero-order valence-electron chi connectivity index (χ0n) is 10.6. The molecular weight excluding hydrogens is 200 g/mol. The van der Waals surface area contributed by atoms with Gasteiger partial charge in [-0.2, -0.15) is 0 Å². The highest BCUT2D eigenvalue weighted by Gasteiger charge is 1.88. The molecule has 0 bridgehead atoms. The van der Waals surface area contributed by atoms with Gasteiger partial charge in [0.15, 0.2) is 0 Å². The van der Waals surface area contributed by atoms with Crippen LogP contribution in [0.15, 0.2) is 0 Å². The summed E-state index contributed by atoms with van der Waals surface area (Å²) in [6.07, 6.45) is 0. The average molecular weight is 224 g/mol. The molecule has 0 saturated heterocycles. The summed E-state index contributed by atoms with van der Waals surface area (Å²) >= 11 is 0. The Morgan fingerprint density at radius 2 is 0.714 bits per heavy atom. The first-order valence-electron chi connectivity index (χ1n) is 4.19. The van der Waals surface area contributed by atoms with Gasteiger partial charge in [0.1, 0.15) is 0 Å². The van der Waals surface area contributed by atoms with Crippen molar-refractivity contribution in [3.63, 3.8) is 0 Å². The Balaban J connectivity index is -0.000000131. The van der Waals surface area contributed by atoms with Crippen molar-refractivity contribution < 1.29 is 23.0 Å². The van der Waals surface area contributed by atoms with Crippen molar-refractivity contribution >= 4 is 9.17 Å². The zero-order chi connectivity index (χ0) is 12.6. The van der Waals surface area contributed by atoms with Crippen molar-refractivity contribution in [2.24, 2.45) is 0 Å². The molecule has 0 rings (SSSR count). The number of hydrogen-bond acceptors (Lipinski definition) is 3. The first kappa shape index (κ1) is 19.2. The van der Waals surface area contributed by atoms with E-state index in [0.717, 1.165) is 8.97 Å². The summed E-state index contributed by atoms with van der Waals surface area (Å²) < 4.78 is 10.5. The van der Waals surface area contributed by atoms with Gasteiger partial charge in [0.2, 0.25) is 0 Å². The summed E-state index contributed by atoms with van der Waals surface area (Å²) in [5.74, 6) is 0. The van der Waals surface area contributed by atoms with E-state index in [1.54, 1.807) is 0 Å². The van der Waals surface area contributed by atoms with Crippen molar-refractivity contribution in [2.45, 2.75) is 0 Å². The predicted octanol–water partition coefficient (Wildman–Crippen LogP) is -2.23. The van der Waals surface area contributed by atoms with Crippen LogP contribution in [0, 0.1) is 0 Å². The van der Waals surface area contributed by atoms with E-state index in [-0.39, 0.29) is 0 Å². The van der Waals surface area contributed by atoms with Crippen LogP contribution in [0.5, 0.6) is 0 Å². The fraction of sp³-hybridized carbons (Fsp3) is 1.00. The minimum absolute atomic E-state index is 1.00. The molecule has 0 aliphatic carbocycles.